The predicted molar refractivity (Wildman–Crippen MR) is 114 cm³/mol. The van der Waals surface area contributed by atoms with Gasteiger partial charge in [0.05, 0.1) is 21.7 Å². The van der Waals surface area contributed by atoms with Crippen molar-refractivity contribution in [2.75, 3.05) is 23.6 Å². The molecule has 2 atom stereocenters. The zero-order chi connectivity index (χ0) is 22.2. The molecule has 2 heterocycles. The van der Waals surface area contributed by atoms with Crippen molar-refractivity contribution in [1.29, 1.82) is 0 Å². The molecular weight excluding hydrogens is 444 g/mol. The van der Waals surface area contributed by atoms with E-state index in [1.54, 1.807) is 12.1 Å². The van der Waals surface area contributed by atoms with Crippen molar-refractivity contribution in [2.24, 2.45) is 0 Å². The van der Waals surface area contributed by atoms with Crippen LogP contribution in [0.15, 0.2) is 47.4 Å². The third-order valence-electron chi connectivity index (χ3n) is 5.21. The molecule has 166 valence electrons. The van der Waals surface area contributed by atoms with Gasteiger partial charge in [-0.25, -0.2) is 16.8 Å². The van der Waals surface area contributed by atoms with Gasteiger partial charge in [0.25, 0.3) is 0 Å². The van der Waals surface area contributed by atoms with Crippen LogP contribution in [0.5, 0.6) is 11.5 Å². The summed E-state index contributed by atoms with van der Waals surface area (Å²) in [7, 11) is -7.43. The number of hydrogen-bond donors (Lipinski definition) is 2. The Balaban J connectivity index is 1.53. The van der Waals surface area contributed by atoms with Crippen molar-refractivity contribution in [1.82, 2.24) is 5.32 Å². The van der Waals surface area contributed by atoms with E-state index in [0.717, 1.165) is 5.56 Å². The van der Waals surface area contributed by atoms with Crippen LogP contribution in [0.1, 0.15) is 12.5 Å². The molecular formula is C20H22N2O7S2. The van der Waals surface area contributed by atoms with Gasteiger partial charge in [0.1, 0.15) is 0 Å². The Hall–Kier alpha value is -2.63. The zero-order valence-corrected chi connectivity index (χ0v) is 18.3. The van der Waals surface area contributed by atoms with Crippen LogP contribution in [0, 0.1) is 0 Å². The predicted octanol–water partition coefficient (Wildman–Crippen LogP) is 1.10. The number of fused-ring (bicyclic) bond motifs is 1. The summed E-state index contributed by atoms with van der Waals surface area (Å²) in [6.07, 6.45) is 0. The van der Waals surface area contributed by atoms with Crippen molar-refractivity contribution in [3.63, 3.8) is 0 Å². The first kappa shape index (κ1) is 21.6. The van der Waals surface area contributed by atoms with Gasteiger partial charge in [-0.15, -0.1) is 0 Å². The molecule has 0 spiro atoms. The van der Waals surface area contributed by atoms with E-state index in [2.05, 4.69) is 10.6 Å². The summed E-state index contributed by atoms with van der Waals surface area (Å²) in [6.45, 7) is 1.78. The Morgan fingerprint density at radius 3 is 2.48 bits per heavy atom. The number of carbonyl (C=O) groups is 1. The second-order valence-corrected chi connectivity index (χ2v) is 11.9. The highest BCUT2D eigenvalue weighted by molar-refractivity contribution is 7.96. The van der Waals surface area contributed by atoms with Crippen molar-refractivity contribution in [3.8, 4) is 11.5 Å². The highest BCUT2D eigenvalue weighted by Gasteiger charge is 2.45. The molecule has 9 nitrogen and oxygen atoms in total. The van der Waals surface area contributed by atoms with Gasteiger partial charge in [0.2, 0.25) is 12.7 Å². The molecule has 2 aromatic rings. The van der Waals surface area contributed by atoms with E-state index in [4.69, 9.17) is 9.47 Å². The maximum absolute atomic E-state index is 13.2. The lowest BCUT2D eigenvalue weighted by Gasteiger charge is -2.20. The lowest BCUT2D eigenvalue weighted by Crippen LogP contribution is -2.43. The summed E-state index contributed by atoms with van der Waals surface area (Å²) >= 11 is 0. The lowest BCUT2D eigenvalue weighted by molar-refractivity contribution is -0.114. The number of amides is 1. The van der Waals surface area contributed by atoms with Gasteiger partial charge < -0.3 is 20.1 Å². The van der Waals surface area contributed by atoms with Gasteiger partial charge in [-0.1, -0.05) is 6.07 Å². The summed E-state index contributed by atoms with van der Waals surface area (Å²) in [5.74, 6) is 0.259. The van der Waals surface area contributed by atoms with Gasteiger partial charge >= 0.3 is 0 Å². The minimum absolute atomic E-state index is 0.0126. The fourth-order valence-electron chi connectivity index (χ4n) is 3.72. The fourth-order valence-corrected chi connectivity index (χ4v) is 8.43. The first-order valence-corrected chi connectivity index (χ1v) is 12.9. The summed E-state index contributed by atoms with van der Waals surface area (Å²) in [6, 6.07) is 10.3. The number of anilines is 1. The number of sulfone groups is 2. The number of hydrogen-bond acceptors (Lipinski definition) is 8. The second-order valence-electron chi connectivity index (χ2n) is 7.54. The normalized spacial score (nSPS) is 21.7. The molecule has 2 N–H and O–H groups in total. The van der Waals surface area contributed by atoms with Crippen LogP contribution < -0.4 is 20.1 Å². The maximum atomic E-state index is 13.2. The fraction of sp³-hybridized carbons (Fsp3) is 0.350. The van der Waals surface area contributed by atoms with Crippen LogP contribution in [0.2, 0.25) is 0 Å². The smallest absolute Gasteiger partial charge is 0.231 e. The van der Waals surface area contributed by atoms with Crippen LogP contribution in [0.3, 0.4) is 0 Å². The third kappa shape index (κ3) is 4.68. The molecule has 2 unspecified atom stereocenters. The Kier molecular flexibility index (Phi) is 5.67. The van der Waals surface area contributed by atoms with Crippen molar-refractivity contribution in [3.05, 3.63) is 48.0 Å². The Labute approximate surface area is 180 Å². The van der Waals surface area contributed by atoms with Crippen LogP contribution in [-0.2, 0) is 31.0 Å². The van der Waals surface area contributed by atoms with Gasteiger partial charge in [-0.2, -0.15) is 0 Å². The second kappa shape index (κ2) is 8.13. The molecule has 0 radical (unpaired) electrons. The Morgan fingerprint density at radius 2 is 1.77 bits per heavy atom. The molecule has 0 aliphatic carbocycles. The Bertz CT molecular complexity index is 1210. The quantitative estimate of drug-likeness (QED) is 0.648. The van der Waals surface area contributed by atoms with Gasteiger partial charge in [-0.3, -0.25) is 4.79 Å². The molecule has 0 bridgehead atoms. The highest BCUT2D eigenvalue weighted by Crippen LogP contribution is 2.33. The van der Waals surface area contributed by atoms with Gasteiger partial charge in [-0.05, 0) is 42.0 Å². The molecule has 1 amide bonds. The summed E-state index contributed by atoms with van der Waals surface area (Å²) in [4.78, 5) is 11.2. The summed E-state index contributed by atoms with van der Waals surface area (Å²) in [5.41, 5.74) is 1.28. The summed E-state index contributed by atoms with van der Waals surface area (Å²) < 4.78 is 61.6. The molecule has 1 fully saturated rings. The third-order valence-corrected chi connectivity index (χ3v) is 9.37. The maximum Gasteiger partial charge on any atom is 0.231 e. The molecule has 2 aromatic carbocycles. The number of rotatable bonds is 6. The average molecular weight is 467 g/mol. The van der Waals surface area contributed by atoms with E-state index < -0.39 is 36.7 Å². The van der Waals surface area contributed by atoms with E-state index >= 15 is 0 Å². The topological polar surface area (TPSA) is 128 Å². The summed E-state index contributed by atoms with van der Waals surface area (Å²) in [5, 5.41) is 4.55. The van der Waals surface area contributed by atoms with Crippen molar-refractivity contribution in [2.45, 2.75) is 29.7 Å². The molecule has 4 rings (SSSR count). The molecule has 31 heavy (non-hydrogen) atoms. The number of nitrogens with one attached hydrogen (secondary N) is 2. The van der Waals surface area contributed by atoms with Crippen LogP contribution in [-0.4, -0.2) is 52.3 Å². The number of carbonyl (C=O) groups excluding carboxylic acids is 1. The lowest BCUT2D eigenvalue weighted by atomic mass is 10.2. The molecule has 0 aromatic heterocycles. The molecule has 2 aliphatic heterocycles. The molecule has 2 aliphatic rings. The van der Waals surface area contributed by atoms with Gasteiger partial charge in [0, 0.05) is 25.2 Å². The SMILES string of the molecule is CC(=O)Nc1ccc(S(=O)(=O)C2CS(=O)(=O)CC2NCc2ccc3c(c2)OCO3)cc1. The van der Waals surface area contributed by atoms with Crippen LogP contribution in [0.4, 0.5) is 5.69 Å². The van der Waals surface area contributed by atoms with Crippen molar-refractivity contribution >= 4 is 31.3 Å². The molecule has 11 heteroatoms. The molecule has 1 saturated heterocycles. The van der Waals surface area contributed by atoms with E-state index in [0.29, 0.717) is 17.2 Å². The first-order chi connectivity index (χ1) is 14.6. The zero-order valence-electron chi connectivity index (χ0n) is 16.7. The van der Waals surface area contributed by atoms with E-state index in [1.165, 1.54) is 31.2 Å². The largest absolute Gasteiger partial charge is 0.454 e. The minimum Gasteiger partial charge on any atom is -0.454 e. The van der Waals surface area contributed by atoms with E-state index in [1.807, 2.05) is 6.07 Å². The van der Waals surface area contributed by atoms with Crippen LogP contribution >= 0.6 is 0 Å². The van der Waals surface area contributed by atoms with Gasteiger partial charge in [0.15, 0.2) is 31.2 Å². The average Bonchev–Trinajstić information content (AvgIpc) is 3.29. The number of benzene rings is 2. The minimum atomic E-state index is -3.92. The monoisotopic (exact) mass is 466 g/mol. The van der Waals surface area contributed by atoms with Crippen molar-refractivity contribution < 1.29 is 31.1 Å². The first-order valence-electron chi connectivity index (χ1n) is 9.58. The Morgan fingerprint density at radius 1 is 1.06 bits per heavy atom. The van der Waals surface area contributed by atoms with E-state index in [-0.39, 0.29) is 29.9 Å². The molecule has 0 saturated carbocycles. The van der Waals surface area contributed by atoms with E-state index in [9.17, 15) is 21.6 Å². The number of ether oxygens (including phenoxy) is 2. The van der Waals surface area contributed by atoms with Crippen LogP contribution in [0.25, 0.3) is 0 Å². The highest BCUT2D eigenvalue weighted by atomic mass is 32.2. The standard InChI is InChI=1S/C20H22N2O7S2/c1-13(23)22-15-3-5-16(6-4-15)31(26,27)20-11-30(24,25)10-17(20)21-9-14-2-7-18-19(8-14)29-12-28-18/h2-8,17,20-21H,9-12H2,1H3,(H,22,23).